The number of carbonyl (C=O) groups is 1. The number of hydrogen-bond acceptors (Lipinski definition) is 5. The summed E-state index contributed by atoms with van der Waals surface area (Å²) >= 11 is 0. The van der Waals surface area contributed by atoms with Crippen LogP contribution >= 0.6 is 0 Å². The molecular weight excluding hydrogens is 375 g/mol. The molecule has 150 valence electrons. The Hall–Kier alpha value is -3.62. The molecule has 1 atom stereocenters. The van der Waals surface area contributed by atoms with Crippen molar-refractivity contribution >= 4 is 23.2 Å². The number of aromatic nitrogens is 3. The van der Waals surface area contributed by atoms with E-state index in [-0.39, 0.29) is 12.4 Å². The maximum Gasteiger partial charge on any atom is 0.319 e. The van der Waals surface area contributed by atoms with Crippen LogP contribution in [0.5, 0.6) is 5.75 Å². The number of benzene rings is 1. The molecule has 0 unspecified atom stereocenters. The highest BCUT2D eigenvalue weighted by molar-refractivity contribution is 5.93. The SMILES string of the molecule is C=C(C)[C@@H]1COc2ccc(F)cc2CN(C)c2ccn3ncc(c3n2)NC(=O)N1. The van der Waals surface area contributed by atoms with Gasteiger partial charge in [0.05, 0.1) is 12.2 Å². The van der Waals surface area contributed by atoms with E-state index in [0.29, 0.717) is 35.0 Å². The summed E-state index contributed by atoms with van der Waals surface area (Å²) in [7, 11) is 1.85. The van der Waals surface area contributed by atoms with Crippen LogP contribution in [0.2, 0.25) is 0 Å². The highest BCUT2D eigenvalue weighted by atomic mass is 19.1. The number of carbonyl (C=O) groups excluding carboxylic acids is 1. The fraction of sp³-hybridized carbons (Fsp3) is 0.250. The molecule has 2 amide bonds. The number of fused-ring (bicyclic) bond motifs is 2. The molecule has 2 N–H and O–H groups in total. The van der Waals surface area contributed by atoms with E-state index in [4.69, 9.17) is 4.74 Å². The molecule has 0 spiro atoms. The highest BCUT2D eigenvalue weighted by Crippen LogP contribution is 2.25. The summed E-state index contributed by atoms with van der Waals surface area (Å²) in [5, 5.41) is 9.83. The van der Waals surface area contributed by atoms with Gasteiger partial charge in [-0.3, -0.25) is 0 Å². The van der Waals surface area contributed by atoms with E-state index in [0.717, 1.165) is 5.57 Å². The first-order valence-corrected chi connectivity index (χ1v) is 9.10. The Morgan fingerprint density at radius 2 is 2.21 bits per heavy atom. The van der Waals surface area contributed by atoms with Crippen LogP contribution in [0.15, 0.2) is 48.8 Å². The first-order valence-electron chi connectivity index (χ1n) is 9.10. The summed E-state index contributed by atoms with van der Waals surface area (Å²) in [5.74, 6) is 0.834. The van der Waals surface area contributed by atoms with Gasteiger partial charge in [0, 0.05) is 25.4 Å². The topological polar surface area (TPSA) is 83.8 Å². The van der Waals surface area contributed by atoms with Crippen LogP contribution in [0.1, 0.15) is 12.5 Å². The Morgan fingerprint density at radius 3 is 3.00 bits per heavy atom. The molecule has 9 heteroatoms. The minimum Gasteiger partial charge on any atom is -0.491 e. The first kappa shape index (κ1) is 18.7. The molecule has 3 aromatic rings. The van der Waals surface area contributed by atoms with E-state index in [2.05, 4.69) is 27.3 Å². The Balaban J connectivity index is 1.79. The molecule has 1 aliphatic heterocycles. The minimum absolute atomic E-state index is 0.165. The lowest BCUT2D eigenvalue weighted by atomic mass is 10.1. The summed E-state index contributed by atoms with van der Waals surface area (Å²) in [6.45, 7) is 6.28. The van der Waals surface area contributed by atoms with Gasteiger partial charge in [0.2, 0.25) is 0 Å². The fourth-order valence-corrected chi connectivity index (χ4v) is 3.11. The van der Waals surface area contributed by atoms with E-state index >= 15 is 0 Å². The largest absolute Gasteiger partial charge is 0.491 e. The molecule has 29 heavy (non-hydrogen) atoms. The summed E-state index contributed by atoms with van der Waals surface area (Å²) < 4.78 is 21.4. The zero-order valence-corrected chi connectivity index (χ0v) is 16.1. The van der Waals surface area contributed by atoms with E-state index < -0.39 is 12.1 Å². The van der Waals surface area contributed by atoms with E-state index in [9.17, 15) is 9.18 Å². The van der Waals surface area contributed by atoms with Crippen LogP contribution in [-0.2, 0) is 6.54 Å². The number of amides is 2. The van der Waals surface area contributed by atoms with Crippen LogP contribution < -0.4 is 20.3 Å². The van der Waals surface area contributed by atoms with Crippen molar-refractivity contribution in [2.45, 2.75) is 19.5 Å². The lowest BCUT2D eigenvalue weighted by Crippen LogP contribution is -2.42. The number of ether oxygens (including phenoxy) is 1. The van der Waals surface area contributed by atoms with Gasteiger partial charge in [-0.15, -0.1) is 0 Å². The summed E-state index contributed by atoms with van der Waals surface area (Å²) in [6, 6.07) is 5.32. The average molecular weight is 396 g/mol. The molecular formula is C20H21FN6O2. The Labute approximate surface area is 167 Å². The van der Waals surface area contributed by atoms with Gasteiger partial charge in [-0.25, -0.2) is 18.7 Å². The molecule has 1 aromatic carbocycles. The van der Waals surface area contributed by atoms with Crippen molar-refractivity contribution in [2.75, 3.05) is 23.9 Å². The van der Waals surface area contributed by atoms with Crippen LogP contribution in [0, 0.1) is 5.82 Å². The Bertz CT molecular complexity index is 1100. The van der Waals surface area contributed by atoms with Gasteiger partial charge in [0.15, 0.2) is 5.65 Å². The number of nitrogens with one attached hydrogen (secondary N) is 2. The van der Waals surface area contributed by atoms with Crippen molar-refractivity contribution in [3.8, 4) is 5.75 Å². The normalized spacial score (nSPS) is 17.1. The average Bonchev–Trinajstić information content (AvgIpc) is 3.07. The lowest BCUT2D eigenvalue weighted by molar-refractivity contribution is 0.238. The zero-order valence-electron chi connectivity index (χ0n) is 16.1. The van der Waals surface area contributed by atoms with Gasteiger partial charge in [-0.05, 0) is 31.2 Å². The maximum atomic E-state index is 13.9. The molecule has 0 aliphatic carbocycles. The van der Waals surface area contributed by atoms with Crippen molar-refractivity contribution in [1.29, 1.82) is 0 Å². The number of nitrogens with zero attached hydrogens (tertiary/aromatic N) is 4. The standard InChI is InChI=1S/C20H21FN6O2/c1-12(2)16-11-29-17-5-4-14(21)8-13(17)10-26(3)18-6-7-27-19(25-18)15(9-22-27)23-20(28)24-16/h4-9,16H,1,10-11H2,2-3H3,(H2,23,24,28)/t16-/m0/s1. The zero-order chi connectivity index (χ0) is 20.5. The smallest absolute Gasteiger partial charge is 0.319 e. The van der Waals surface area contributed by atoms with Crippen molar-refractivity contribution in [2.24, 2.45) is 0 Å². The summed E-state index contributed by atoms with van der Waals surface area (Å²) in [4.78, 5) is 19.0. The number of anilines is 2. The summed E-state index contributed by atoms with van der Waals surface area (Å²) in [5.41, 5.74) is 2.38. The quantitative estimate of drug-likeness (QED) is 0.618. The molecule has 1 aliphatic rings. The van der Waals surface area contributed by atoms with Gasteiger partial charge in [0.25, 0.3) is 0 Å². The number of hydrogen-bond donors (Lipinski definition) is 2. The minimum atomic E-state index is -0.432. The fourth-order valence-electron chi connectivity index (χ4n) is 3.11. The van der Waals surface area contributed by atoms with Gasteiger partial charge < -0.3 is 20.3 Å². The third kappa shape index (κ3) is 3.84. The lowest BCUT2D eigenvalue weighted by Gasteiger charge is -2.23. The Morgan fingerprint density at radius 1 is 1.38 bits per heavy atom. The summed E-state index contributed by atoms with van der Waals surface area (Å²) in [6.07, 6.45) is 3.29. The number of halogens is 1. The number of urea groups is 1. The van der Waals surface area contributed by atoms with Gasteiger partial charge >= 0.3 is 6.03 Å². The molecule has 0 saturated carbocycles. The molecule has 2 aromatic heterocycles. The van der Waals surface area contributed by atoms with Gasteiger partial charge in [0.1, 0.15) is 29.7 Å². The second-order valence-corrected chi connectivity index (χ2v) is 7.03. The molecule has 8 nitrogen and oxygen atoms in total. The molecule has 0 radical (unpaired) electrons. The van der Waals surface area contributed by atoms with Crippen molar-refractivity contribution in [1.82, 2.24) is 19.9 Å². The van der Waals surface area contributed by atoms with Crippen molar-refractivity contribution in [3.63, 3.8) is 0 Å². The van der Waals surface area contributed by atoms with Crippen LogP contribution in [0.4, 0.5) is 20.7 Å². The third-order valence-corrected chi connectivity index (χ3v) is 4.73. The Kier molecular flexibility index (Phi) is 4.79. The van der Waals surface area contributed by atoms with E-state index in [1.807, 2.05) is 11.9 Å². The first-order chi connectivity index (χ1) is 13.9. The predicted octanol–water partition coefficient (Wildman–Crippen LogP) is 2.96. The second-order valence-electron chi connectivity index (χ2n) is 7.03. The maximum absolute atomic E-state index is 13.9. The molecule has 2 bridgehead atoms. The van der Waals surface area contributed by atoms with Gasteiger partial charge in [-0.1, -0.05) is 12.2 Å². The third-order valence-electron chi connectivity index (χ3n) is 4.73. The molecule has 3 heterocycles. The van der Waals surface area contributed by atoms with E-state index in [1.54, 1.807) is 29.8 Å². The second kappa shape index (κ2) is 7.42. The predicted molar refractivity (Wildman–Crippen MR) is 108 cm³/mol. The van der Waals surface area contributed by atoms with Gasteiger partial charge in [-0.2, -0.15) is 5.10 Å². The molecule has 0 fully saturated rings. The van der Waals surface area contributed by atoms with E-state index in [1.165, 1.54) is 18.3 Å². The number of rotatable bonds is 1. The van der Waals surface area contributed by atoms with Crippen molar-refractivity contribution in [3.05, 3.63) is 60.2 Å². The van der Waals surface area contributed by atoms with Crippen LogP contribution in [-0.4, -0.2) is 40.3 Å². The van der Waals surface area contributed by atoms with Crippen LogP contribution in [0.3, 0.4) is 0 Å². The van der Waals surface area contributed by atoms with Crippen molar-refractivity contribution < 1.29 is 13.9 Å². The molecule has 0 saturated heterocycles. The van der Waals surface area contributed by atoms with Crippen LogP contribution in [0.25, 0.3) is 5.65 Å². The monoisotopic (exact) mass is 396 g/mol. The highest BCUT2D eigenvalue weighted by Gasteiger charge is 2.19. The molecule has 4 rings (SSSR count).